The lowest BCUT2D eigenvalue weighted by molar-refractivity contribution is 0.0174. The van der Waals surface area contributed by atoms with Gasteiger partial charge < -0.3 is 19.6 Å². The van der Waals surface area contributed by atoms with Crippen molar-refractivity contribution in [1.29, 1.82) is 5.26 Å². The second-order valence-electron chi connectivity index (χ2n) is 15.5. The maximum atomic E-state index is 13.2. The van der Waals surface area contributed by atoms with Crippen LogP contribution in [0.3, 0.4) is 0 Å². The van der Waals surface area contributed by atoms with Crippen LogP contribution in [-0.2, 0) is 16.7 Å². The van der Waals surface area contributed by atoms with Gasteiger partial charge in [-0.05, 0) is 86.3 Å². The Morgan fingerprint density at radius 2 is 1.90 bits per heavy atom. The molecule has 4 aromatic rings. The Hall–Kier alpha value is -4.27. The van der Waals surface area contributed by atoms with Gasteiger partial charge in [-0.25, -0.2) is 9.48 Å². The summed E-state index contributed by atoms with van der Waals surface area (Å²) in [5.41, 5.74) is 5.61. The van der Waals surface area contributed by atoms with E-state index in [9.17, 15) is 20.0 Å². The third-order valence-electron chi connectivity index (χ3n) is 9.78. The number of thiophene rings is 1. The number of ether oxygens (including phenoxy) is 1. The molecule has 10 nitrogen and oxygen atoms in total. The first-order valence-electron chi connectivity index (χ1n) is 16.6. The van der Waals surface area contributed by atoms with Crippen molar-refractivity contribution in [3.8, 4) is 17.2 Å². The van der Waals surface area contributed by atoms with E-state index in [4.69, 9.17) is 9.72 Å². The molecule has 0 spiro atoms. The molecule has 0 radical (unpaired) electrons. The number of pyridine rings is 1. The van der Waals surface area contributed by atoms with E-state index in [1.165, 1.54) is 10.2 Å². The van der Waals surface area contributed by atoms with Crippen LogP contribution in [0.2, 0.25) is 0 Å². The zero-order valence-corrected chi connectivity index (χ0v) is 29.2. The SMILES string of the molecule is CC(C)(C)OC(=O)N1C[C@@H](N2CC3CC3c3cc(C#N)cc(-c4ccnc5cc(Cn6ncc(C(C)(C)C)cc6=O)sc45)c32)C[C@@H]1CO. The van der Waals surface area contributed by atoms with Crippen molar-refractivity contribution >= 4 is 33.3 Å². The lowest BCUT2D eigenvalue weighted by Gasteiger charge is -2.38. The zero-order chi connectivity index (χ0) is 34.1. The summed E-state index contributed by atoms with van der Waals surface area (Å²) < 4.78 is 8.19. The monoisotopic (exact) mass is 666 g/mol. The van der Waals surface area contributed by atoms with Crippen LogP contribution in [0.1, 0.15) is 81.9 Å². The molecule has 0 bridgehead atoms. The van der Waals surface area contributed by atoms with Gasteiger partial charge in [-0.1, -0.05) is 20.8 Å². The molecule has 48 heavy (non-hydrogen) atoms. The minimum atomic E-state index is -0.638. The van der Waals surface area contributed by atoms with Crippen LogP contribution in [0, 0.1) is 17.2 Å². The van der Waals surface area contributed by atoms with E-state index in [-0.39, 0.29) is 29.7 Å². The number of aromatic nitrogens is 3. The number of nitriles is 1. The van der Waals surface area contributed by atoms with Gasteiger partial charge in [0.25, 0.3) is 5.56 Å². The number of aliphatic hydroxyl groups excluding tert-OH is 1. The van der Waals surface area contributed by atoms with Crippen LogP contribution in [0.4, 0.5) is 10.5 Å². The topological polar surface area (TPSA) is 125 Å². The molecule has 2 fully saturated rings. The predicted molar refractivity (Wildman–Crippen MR) is 186 cm³/mol. The summed E-state index contributed by atoms with van der Waals surface area (Å²) in [6.45, 7) is 13.2. The number of benzene rings is 1. The Morgan fingerprint density at radius 3 is 2.58 bits per heavy atom. The van der Waals surface area contributed by atoms with Crippen molar-refractivity contribution in [2.75, 3.05) is 24.6 Å². The Bertz CT molecular complexity index is 2020. The molecule has 2 aliphatic heterocycles. The van der Waals surface area contributed by atoms with E-state index in [2.05, 4.69) is 36.8 Å². The average molecular weight is 667 g/mol. The number of fused-ring (bicyclic) bond motifs is 4. The Labute approximate surface area is 284 Å². The Balaban J connectivity index is 1.28. The van der Waals surface area contributed by atoms with E-state index < -0.39 is 11.7 Å². The molecule has 2 unspecified atom stereocenters. The predicted octanol–water partition coefficient (Wildman–Crippen LogP) is 6.03. The highest BCUT2D eigenvalue weighted by Gasteiger charge is 2.50. The van der Waals surface area contributed by atoms with Crippen LogP contribution in [-0.4, -0.2) is 68.2 Å². The van der Waals surface area contributed by atoms with E-state index >= 15 is 0 Å². The van der Waals surface area contributed by atoms with Crippen molar-refractivity contribution in [2.45, 2.75) is 89.9 Å². The molecule has 1 aliphatic carbocycles. The van der Waals surface area contributed by atoms with Crippen molar-refractivity contribution in [3.63, 3.8) is 0 Å². The number of hydrogen-bond acceptors (Lipinski definition) is 9. The normalized spacial score (nSPS) is 22.0. The maximum absolute atomic E-state index is 13.2. The molecule has 7 rings (SSSR count). The highest BCUT2D eigenvalue weighted by atomic mass is 32.1. The standard InChI is InChI=1S/C37H42N6O4S/c1-36(2,3)23-12-32(45)43(40-16-23)19-26-14-31-34(48-26)27(7-8-39-31)29-9-21(15-38)10-30-28-11-22(28)17-41(33(29)30)24-13-25(20-44)42(18-24)35(46)47-37(4,5)6/h7-10,12,14,16,22,24-25,28,44H,11,13,17-20H2,1-6H3/t22?,24-,25+,28?/m0/s1. The molecule has 11 heteroatoms. The third-order valence-corrected chi connectivity index (χ3v) is 10.9. The molecule has 5 heterocycles. The third kappa shape index (κ3) is 5.96. The van der Waals surface area contributed by atoms with E-state index in [0.717, 1.165) is 50.4 Å². The summed E-state index contributed by atoms with van der Waals surface area (Å²) in [6, 6.07) is 11.7. The maximum Gasteiger partial charge on any atom is 0.410 e. The molecule has 3 aromatic heterocycles. The van der Waals surface area contributed by atoms with Gasteiger partial charge in [-0.3, -0.25) is 9.78 Å². The molecule has 250 valence electrons. The van der Waals surface area contributed by atoms with Gasteiger partial charge in [-0.15, -0.1) is 11.3 Å². The van der Waals surface area contributed by atoms with Gasteiger partial charge >= 0.3 is 6.09 Å². The summed E-state index contributed by atoms with van der Waals surface area (Å²) in [5, 5.41) is 24.9. The number of rotatable bonds is 5. The largest absolute Gasteiger partial charge is 0.444 e. The summed E-state index contributed by atoms with van der Waals surface area (Å²) in [5.74, 6) is 0.884. The fourth-order valence-corrected chi connectivity index (χ4v) is 8.38. The lowest BCUT2D eigenvalue weighted by Crippen LogP contribution is -2.44. The number of nitrogens with zero attached hydrogens (tertiary/aromatic N) is 6. The molecule has 1 amide bonds. The minimum Gasteiger partial charge on any atom is -0.444 e. The molecule has 4 atom stereocenters. The minimum absolute atomic E-state index is 0.0214. The van der Waals surface area contributed by atoms with Crippen LogP contribution < -0.4 is 10.5 Å². The molecule has 3 aliphatic rings. The van der Waals surface area contributed by atoms with E-state index in [1.807, 2.05) is 45.0 Å². The van der Waals surface area contributed by atoms with E-state index in [0.29, 0.717) is 36.9 Å². The number of likely N-dealkylation sites (tertiary alicyclic amines) is 1. The first-order valence-corrected chi connectivity index (χ1v) is 17.5. The number of amides is 1. The van der Waals surface area contributed by atoms with Crippen LogP contribution >= 0.6 is 11.3 Å². The molecular weight excluding hydrogens is 625 g/mol. The zero-order valence-electron chi connectivity index (χ0n) is 28.4. The Morgan fingerprint density at radius 1 is 1.10 bits per heavy atom. The van der Waals surface area contributed by atoms with Gasteiger partial charge in [-0.2, -0.15) is 10.4 Å². The molecule has 1 saturated carbocycles. The average Bonchev–Trinajstić information content (AvgIpc) is 3.49. The van der Waals surface area contributed by atoms with Gasteiger partial charge in [0.1, 0.15) is 5.60 Å². The lowest BCUT2D eigenvalue weighted by atomic mass is 9.89. The highest BCUT2D eigenvalue weighted by molar-refractivity contribution is 7.19. The van der Waals surface area contributed by atoms with E-state index in [1.54, 1.807) is 34.7 Å². The number of hydrogen-bond donors (Lipinski definition) is 1. The van der Waals surface area contributed by atoms with Gasteiger partial charge in [0.15, 0.2) is 0 Å². The van der Waals surface area contributed by atoms with Crippen LogP contribution in [0.15, 0.2) is 47.5 Å². The second-order valence-corrected chi connectivity index (χ2v) is 16.6. The van der Waals surface area contributed by atoms with Crippen molar-refractivity contribution in [1.82, 2.24) is 19.7 Å². The first-order chi connectivity index (χ1) is 22.7. The summed E-state index contributed by atoms with van der Waals surface area (Å²) >= 11 is 1.59. The quantitative estimate of drug-likeness (QED) is 0.274. The summed E-state index contributed by atoms with van der Waals surface area (Å²) in [4.78, 5) is 36.0. The fourth-order valence-electron chi connectivity index (χ4n) is 7.26. The summed E-state index contributed by atoms with van der Waals surface area (Å²) in [6.07, 6.45) is 4.85. The van der Waals surface area contributed by atoms with Crippen LogP contribution in [0.5, 0.6) is 0 Å². The van der Waals surface area contributed by atoms with Crippen molar-refractivity contribution < 1.29 is 14.6 Å². The van der Waals surface area contributed by atoms with Crippen molar-refractivity contribution in [2.24, 2.45) is 5.92 Å². The van der Waals surface area contributed by atoms with Gasteiger partial charge in [0.2, 0.25) is 0 Å². The van der Waals surface area contributed by atoms with Crippen molar-refractivity contribution in [3.05, 3.63) is 74.6 Å². The van der Waals surface area contributed by atoms with Gasteiger partial charge in [0, 0.05) is 53.1 Å². The number of carbonyl (C=O) groups is 1. The molecular formula is C37H42N6O4S. The summed E-state index contributed by atoms with van der Waals surface area (Å²) in [7, 11) is 0. The molecule has 1 aromatic carbocycles. The number of anilines is 1. The first kappa shape index (κ1) is 32.3. The molecule has 1 saturated heterocycles. The smallest absolute Gasteiger partial charge is 0.410 e. The number of aliphatic hydroxyl groups is 1. The van der Waals surface area contributed by atoms with Crippen LogP contribution in [0.25, 0.3) is 21.3 Å². The second kappa shape index (κ2) is 11.7. The van der Waals surface area contributed by atoms with Gasteiger partial charge in [0.05, 0.1) is 47.2 Å². The highest BCUT2D eigenvalue weighted by Crippen LogP contribution is 2.58. The Kier molecular flexibility index (Phi) is 7.87. The molecule has 1 N–H and O–H groups in total. The number of carbonyl (C=O) groups excluding carboxylic acids is 1. The fraction of sp³-hybridized carbons (Fsp3) is 0.486.